The Morgan fingerprint density at radius 2 is 2.19 bits per heavy atom. The van der Waals surface area contributed by atoms with E-state index in [-0.39, 0.29) is 11.8 Å². The van der Waals surface area contributed by atoms with E-state index >= 15 is 0 Å². The van der Waals surface area contributed by atoms with E-state index < -0.39 is 18.0 Å². The summed E-state index contributed by atoms with van der Waals surface area (Å²) >= 11 is 0. The van der Waals surface area contributed by atoms with Gasteiger partial charge in [0.2, 0.25) is 0 Å². The average Bonchev–Trinajstić information content (AvgIpc) is 2.83. The highest BCUT2D eigenvalue weighted by atomic mass is 16.4. The maximum atomic E-state index is 11.1. The Kier molecular flexibility index (Phi) is 3.35. The second-order valence-corrected chi connectivity index (χ2v) is 5.68. The zero-order chi connectivity index (χ0) is 15.1. The van der Waals surface area contributed by atoms with Gasteiger partial charge in [0.1, 0.15) is 5.75 Å². The van der Waals surface area contributed by atoms with Crippen molar-refractivity contribution in [1.29, 1.82) is 0 Å². The van der Waals surface area contributed by atoms with Crippen molar-refractivity contribution in [3.8, 4) is 5.75 Å². The summed E-state index contributed by atoms with van der Waals surface area (Å²) in [5.41, 5.74) is 1.87. The summed E-state index contributed by atoms with van der Waals surface area (Å²) in [5.74, 6) is -1.54. The average molecular weight is 290 g/mol. The lowest BCUT2D eigenvalue weighted by atomic mass is 9.87. The molecule has 0 bridgehead atoms. The number of likely N-dealkylation sites (tertiary alicyclic amines) is 1. The van der Waals surface area contributed by atoms with E-state index in [2.05, 4.69) is 4.98 Å². The maximum absolute atomic E-state index is 11.1. The summed E-state index contributed by atoms with van der Waals surface area (Å²) in [4.78, 5) is 16.2. The standard InChI is InChI=1S/C15H18N2O4/c1-17-7-11(15(20)21)14(19)5-13(17)10-6-16-12-3-2-8(18)4-9(10)12/h2-4,6,11,13-14,16,18-19H,5,7H2,1H3,(H,20,21). The first-order valence-corrected chi connectivity index (χ1v) is 6.88. The van der Waals surface area contributed by atoms with Crippen molar-refractivity contribution in [3.63, 3.8) is 0 Å². The number of rotatable bonds is 2. The smallest absolute Gasteiger partial charge is 0.310 e. The van der Waals surface area contributed by atoms with Crippen molar-refractivity contribution in [2.45, 2.75) is 18.6 Å². The molecule has 1 aliphatic heterocycles. The van der Waals surface area contributed by atoms with Gasteiger partial charge in [-0.2, -0.15) is 0 Å². The first kappa shape index (κ1) is 13.9. The van der Waals surface area contributed by atoms with Crippen LogP contribution in [0.1, 0.15) is 18.0 Å². The number of carboxylic acid groups (broad SMARTS) is 1. The molecular weight excluding hydrogens is 272 g/mol. The zero-order valence-electron chi connectivity index (χ0n) is 11.7. The molecule has 1 aromatic carbocycles. The lowest BCUT2D eigenvalue weighted by Crippen LogP contribution is -2.46. The van der Waals surface area contributed by atoms with Gasteiger partial charge >= 0.3 is 5.97 Å². The second kappa shape index (κ2) is 5.05. The zero-order valence-corrected chi connectivity index (χ0v) is 11.7. The molecule has 1 aliphatic rings. The van der Waals surface area contributed by atoms with Crippen LogP contribution in [0.2, 0.25) is 0 Å². The Hall–Kier alpha value is -2.05. The Morgan fingerprint density at radius 3 is 2.90 bits per heavy atom. The predicted molar refractivity (Wildman–Crippen MR) is 77.1 cm³/mol. The molecule has 1 fully saturated rings. The molecule has 0 saturated carbocycles. The van der Waals surface area contributed by atoms with Crippen LogP contribution in [0.15, 0.2) is 24.4 Å². The number of aliphatic hydroxyl groups is 1. The van der Waals surface area contributed by atoms with Crippen LogP contribution in [0.3, 0.4) is 0 Å². The number of phenolic OH excluding ortho intramolecular Hbond substituents is 1. The number of aromatic amines is 1. The monoisotopic (exact) mass is 290 g/mol. The van der Waals surface area contributed by atoms with E-state index in [0.717, 1.165) is 16.5 Å². The van der Waals surface area contributed by atoms with Crippen LogP contribution in [0.5, 0.6) is 5.75 Å². The number of piperidine rings is 1. The summed E-state index contributed by atoms with van der Waals surface area (Å²) < 4.78 is 0. The van der Waals surface area contributed by atoms with Gasteiger partial charge in [0, 0.05) is 29.7 Å². The maximum Gasteiger partial charge on any atom is 0.310 e. The molecule has 1 aromatic heterocycles. The molecule has 112 valence electrons. The fraction of sp³-hybridized carbons (Fsp3) is 0.400. The summed E-state index contributed by atoms with van der Waals surface area (Å²) in [6.07, 6.45) is 1.35. The van der Waals surface area contributed by atoms with Gasteiger partial charge in [-0.1, -0.05) is 0 Å². The third-order valence-electron chi connectivity index (χ3n) is 4.32. The molecule has 2 heterocycles. The van der Waals surface area contributed by atoms with Crippen LogP contribution in [-0.2, 0) is 4.79 Å². The van der Waals surface area contributed by atoms with E-state index in [1.54, 1.807) is 18.2 Å². The number of aromatic hydroxyl groups is 1. The van der Waals surface area contributed by atoms with Gasteiger partial charge < -0.3 is 20.3 Å². The highest BCUT2D eigenvalue weighted by molar-refractivity contribution is 5.85. The van der Waals surface area contributed by atoms with Crippen molar-refractivity contribution in [3.05, 3.63) is 30.0 Å². The molecule has 0 radical (unpaired) electrons. The van der Waals surface area contributed by atoms with E-state index in [1.807, 2.05) is 18.1 Å². The molecule has 0 aliphatic carbocycles. The number of nitrogens with zero attached hydrogens (tertiary/aromatic N) is 1. The first-order valence-electron chi connectivity index (χ1n) is 6.88. The molecule has 3 unspecified atom stereocenters. The largest absolute Gasteiger partial charge is 0.508 e. The first-order chi connectivity index (χ1) is 9.97. The second-order valence-electron chi connectivity index (χ2n) is 5.68. The number of hydrogen-bond donors (Lipinski definition) is 4. The van der Waals surface area contributed by atoms with E-state index in [1.165, 1.54) is 0 Å². The molecule has 2 aromatic rings. The van der Waals surface area contributed by atoms with Crippen LogP contribution in [0, 0.1) is 5.92 Å². The van der Waals surface area contributed by atoms with Gasteiger partial charge in [0.05, 0.1) is 12.0 Å². The van der Waals surface area contributed by atoms with Gasteiger partial charge in [-0.05, 0) is 37.2 Å². The van der Waals surface area contributed by atoms with Crippen molar-refractivity contribution in [2.75, 3.05) is 13.6 Å². The molecular formula is C15H18N2O4. The number of nitrogens with one attached hydrogen (secondary N) is 1. The number of aromatic nitrogens is 1. The van der Waals surface area contributed by atoms with Crippen LogP contribution in [-0.4, -0.2) is 50.9 Å². The lowest BCUT2D eigenvalue weighted by Gasteiger charge is -2.38. The van der Waals surface area contributed by atoms with Crippen LogP contribution in [0.25, 0.3) is 10.9 Å². The Bertz CT molecular complexity index is 681. The molecule has 21 heavy (non-hydrogen) atoms. The molecule has 0 amide bonds. The number of aliphatic hydroxyl groups excluding tert-OH is 1. The van der Waals surface area contributed by atoms with Gasteiger partial charge in [-0.3, -0.25) is 9.69 Å². The molecule has 3 atom stereocenters. The van der Waals surface area contributed by atoms with Gasteiger partial charge in [0.25, 0.3) is 0 Å². The van der Waals surface area contributed by atoms with Crippen LogP contribution in [0.4, 0.5) is 0 Å². The quantitative estimate of drug-likeness (QED) is 0.669. The number of H-pyrrole nitrogens is 1. The molecule has 3 rings (SSSR count). The van der Waals surface area contributed by atoms with E-state index in [9.17, 15) is 15.0 Å². The minimum absolute atomic E-state index is 0.0776. The van der Waals surface area contributed by atoms with Crippen LogP contribution < -0.4 is 0 Å². The molecule has 6 nitrogen and oxygen atoms in total. The number of phenols is 1. The summed E-state index contributed by atoms with van der Waals surface area (Å²) in [6, 6.07) is 5.02. The number of benzene rings is 1. The van der Waals surface area contributed by atoms with Crippen molar-refractivity contribution >= 4 is 16.9 Å². The minimum Gasteiger partial charge on any atom is -0.508 e. The topological polar surface area (TPSA) is 96.8 Å². The SMILES string of the molecule is CN1CC(C(=O)O)C(O)CC1c1c[nH]c2ccc(O)cc12. The number of carbonyl (C=O) groups is 1. The fourth-order valence-corrected chi connectivity index (χ4v) is 3.15. The minimum atomic E-state index is -0.968. The molecule has 0 spiro atoms. The van der Waals surface area contributed by atoms with Gasteiger partial charge in [-0.25, -0.2) is 0 Å². The molecule has 4 N–H and O–H groups in total. The van der Waals surface area contributed by atoms with Crippen molar-refractivity contribution in [1.82, 2.24) is 9.88 Å². The van der Waals surface area contributed by atoms with Crippen molar-refractivity contribution in [2.24, 2.45) is 5.92 Å². The highest BCUT2D eigenvalue weighted by Gasteiger charge is 2.38. The molecule has 6 heteroatoms. The summed E-state index contributed by atoms with van der Waals surface area (Å²) in [7, 11) is 1.86. The Morgan fingerprint density at radius 1 is 1.43 bits per heavy atom. The number of carboxylic acids is 1. The van der Waals surface area contributed by atoms with E-state index in [0.29, 0.717) is 13.0 Å². The molecule has 1 saturated heterocycles. The third-order valence-corrected chi connectivity index (χ3v) is 4.32. The van der Waals surface area contributed by atoms with Crippen LogP contribution >= 0.6 is 0 Å². The number of aliphatic carboxylic acids is 1. The van der Waals surface area contributed by atoms with Crippen molar-refractivity contribution < 1.29 is 20.1 Å². The Labute approximate surface area is 121 Å². The highest BCUT2D eigenvalue weighted by Crippen LogP contribution is 2.37. The third kappa shape index (κ3) is 2.36. The lowest BCUT2D eigenvalue weighted by molar-refractivity contribution is -0.150. The fourth-order valence-electron chi connectivity index (χ4n) is 3.15. The van der Waals surface area contributed by atoms with E-state index in [4.69, 9.17) is 5.11 Å². The number of fused-ring (bicyclic) bond motifs is 1. The van der Waals surface area contributed by atoms with Gasteiger partial charge in [-0.15, -0.1) is 0 Å². The summed E-state index contributed by atoms with van der Waals surface area (Å²) in [5, 5.41) is 29.8. The predicted octanol–water partition coefficient (Wildman–Crippen LogP) is 1.31. The van der Waals surface area contributed by atoms with Gasteiger partial charge in [0.15, 0.2) is 0 Å². The Balaban J connectivity index is 1.96. The normalized spacial score (nSPS) is 27.0. The summed E-state index contributed by atoms with van der Waals surface area (Å²) in [6.45, 7) is 0.298. The number of hydrogen-bond acceptors (Lipinski definition) is 4.